The van der Waals surface area contributed by atoms with Gasteiger partial charge in [-0.25, -0.2) is 9.78 Å². The third-order valence-electron chi connectivity index (χ3n) is 4.09. The number of halogens is 2. The number of esters is 2. The largest absolute Gasteiger partial charge is 0.419 e. The molecule has 2 aromatic carbocycles. The van der Waals surface area contributed by atoms with Crippen LogP contribution in [0.25, 0.3) is 21.8 Å². The van der Waals surface area contributed by atoms with E-state index in [2.05, 4.69) is 9.97 Å². The zero-order valence-corrected chi connectivity index (χ0v) is 19.1. The van der Waals surface area contributed by atoms with E-state index in [0.717, 1.165) is 5.39 Å². The number of aromatic nitrogens is 2. The van der Waals surface area contributed by atoms with Gasteiger partial charge in [0.25, 0.3) is 5.88 Å². The summed E-state index contributed by atoms with van der Waals surface area (Å²) in [6, 6.07) is 13.6. The van der Waals surface area contributed by atoms with Crippen molar-refractivity contribution < 1.29 is 40.1 Å². The molecule has 0 amide bonds. The fourth-order valence-corrected chi connectivity index (χ4v) is 3.53. The summed E-state index contributed by atoms with van der Waals surface area (Å²) in [7, 11) is 0. The van der Waals surface area contributed by atoms with Crippen LogP contribution in [0.4, 0.5) is 0 Å². The van der Waals surface area contributed by atoms with Gasteiger partial charge in [0.1, 0.15) is 10.5 Å². The molecule has 0 N–H and O–H groups in total. The molecule has 2 aromatic heterocycles. The van der Waals surface area contributed by atoms with Gasteiger partial charge in [-0.1, -0.05) is 47.5 Å². The molecular formula is C21H12Cl2N2O4Pt. The molecule has 30 heavy (non-hydrogen) atoms. The average molecular weight is 622 g/mol. The molecule has 4 aromatic rings. The molecule has 0 fully saturated rings. The van der Waals surface area contributed by atoms with Crippen molar-refractivity contribution in [1.29, 1.82) is 0 Å². The quantitative estimate of drug-likeness (QED) is 0.230. The summed E-state index contributed by atoms with van der Waals surface area (Å²) in [4.78, 5) is 32.9. The molecule has 0 unspecified atom stereocenters. The van der Waals surface area contributed by atoms with Crippen LogP contribution < -0.4 is 9.47 Å². The Hall–Kier alpha value is -2.53. The van der Waals surface area contributed by atoms with Crippen molar-refractivity contribution in [2.24, 2.45) is 0 Å². The van der Waals surface area contributed by atoms with Gasteiger partial charge in [0, 0.05) is 45.0 Å². The smallest absolute Gasteiger partial charge is 0.344 e. The molecule has 9 heteroatoms. The third-order valence-corrected chi connectivity index (χ3v) is 4.75. The van der Waals surface area contributed by atoms with E-state index < -0.39 is 11.9 Å². The van der Waals surface area contributed by atoms with E-state index in [4.69, 9.17) is 32.7 Å². The van der Waals surface area contributed by atoms with E-state index in [1.165, 1.54) is 6.92 Å². The minimum Gasteiger partial charge on any atom is -0.419 e. The maximum absolute atomic E-state index is 12.5. The van der Waals surface area contributed by atoms with Gasteiger partial charge >= 0.3 is 11.9 Å². The van der Waals surface area contributed by atoms with Crippen LogP contribution in [0.3, 0.4) is 0 Å². The Bertz CT molecular complexity index is 1280. The Kier molecular flexibility index (Phi) is 6.71. The second-order valence-corrected chi connectivity index (χ2v) is 6.85. The maximum atomic E-state index is 12.5. The second-order valence-electron chi connectivity index (χ2n) is 6.07. The minimum absolute atomic E-state index is 0. The van der Waals surface area contributed by atoms with Crippen molar-refractivity contribution in [1.82, 2.24) is 9.97 Å². The molecule has 0 aliphatic heterocycles. The number of carbonyl (C=O) groups excluding carboxylic acids is 2. The van der Waals surface area contributed by atoms with Crippen LogP contribution in [0.15, 0.2) is 54.7 Å². The van der Waals surface area contributed by atoms with Crippen molar-refractivity contribution in [3.63, 3.8) is 0 Å². The maximum Gasteiger partial charge on any atom is 0.344 e. The number of carbonyl (C=O) groups is 2. The second kappa shape index (κ2) is 9.09. The van der Waals surface area contributed by atoms with Crippen molar-refractivity contribution in [2.45, 2.75) is 6.92 Å². The van der Waals surface area contributed by atoms with Crippen LogP contribution in [0.1, 0.15) is 17.3 Å². The van der Waals surface area contributed by atoms with Crippen molar-refractivity contribution in [3.8, 4) is 11.6 Å². The van der Waals surface area contributed by atoms with E-state index in [0.29, 0.717) is 27.0 Å². The first kappa shape index (κ1) is 22.2. The van der Waals surface area contributed by atoms with Crippen molar-refractivity contribution in [2.75, 3.05) is 0 Å². The molecule has 6 nitrogen and oxygen atoms in total. The Morgan fingerprint density at radius 3 is 2.40 bits per heavy atom. The zero-order valence-electron chi connectivity index (χ0n) is 15.3. The van der Waals surface area contributed by atoms with Crippen LogP contribution in [0.2, 0.25) is 10.0 Å². The molecule has 154 valence electrons. The Morgan fingerprint density at radius 1 is 0.967 bits per heavy atom. The molecule has 0 atom stereocenters. The molecule has 0 radical (unpaired) electrons. The van der Waals surface area contributed by atoms with Gasteiger partial charge in [-0.3, -0.25) is 9.78 Å². The summed E-state index contributed by atoms with van der Waals surface area (Å²) in [5.74, 6) is -1.77. The fourth-order valence-electron chi connectivity index (χ4n) is 2.87. The molecule has 4 rings (SSSR count). The zero-order chi connectivity index (χ0) is 20.5. The van der Waals surface area contributed by atoms with Crippen LogP contribution in [-0.4, -0.2) is 21.9 Å². The van der Waals surface area contributed by atoms with Crippen LogP contribution >= 0.6 is 23.2 Å². The number of ether oxygens (including phenoxy) is 2. The number of hydrogen-bond acceptors (Lipinski definition) is 6. The Balaban J connectivity index is 0.00000256. The van der Waals surface area contributed by atoms with E-state index in [1.54, 1.807) is 48.7 Å². The number of hydrogen-bond donors (Lipinski definition) is 0. The first-order chi connectivity index (χ1) is 14.0. The molecular weight excluding hydrogens is 610 g/mol. The van der Waals surface area contributed by atoms with Crippen molar-refractivity contribution >= 4 is 56.9 Å². The summed E-state index contributed by atoms with van der Waals surface area (Å²) in [6.45, 7) is 1.20. The van der Waals surface area contributed by atoms with Gasteiger partial charge in [0.2, 0.25) is 5.75 Å². The SMILES string of the molecule is CC(=O)Oc1c(OC(=O)c2ccccc2)nc2c(c(Cl)cc3cccnc32)c1Cl.[Pt]. The standard InChI is InChI=1S/C21H12Cl2N2O4.Pt/c1-11(26)28-19-16(23)15-14(22)10-13-8-5-9-24-17(13)18(15)25-20(19)29-21(27)12-6-3-2-4-7-12;/h2-10H,1H3;. The number of nitrogens with zero attached hydrogens (tertiary/aromatic N) is 2. The van der Waals surface area contributed by atoms with Crippen LogP contribution in [-0.2, 0) is 25.9 Å². The number of pyridine rings is 2. The molecule has 0 saturated heterocycles. The predicted molar refractivity (Wildman–Crippen MR) is 110 cm³/mol. The summed E-state index contributed by atoms with van der Waals surface area (Å²) < 4.78 is 10.6. The summed E-state index contributed by atoms with van der Waals surface area (Å²) in [5, 5.41) is 1.37. The van der Waals surface area contributed by atoms with Crippen LogP contribution in [0.5, 0.6) is 11.6 Å². The van der Waals surface area contributed by atoms with Crippen molar-refractivity contribution in [3.05, 3.63) is 70.3 Å². The molecule has 0 aliphatic carbocycles. The molecule has 0 saturated carbocycles. The van der Waals surface area contributed by atoms with Gasteiger partial charge in [0.05, 0.1) is 16.1 Å². The minimum atomic E-state index is -0.679. The first-order valence-corrected chi connectivity index (χ1v) is 9.23. The topological polar surface area (TPSA) is 78.4 Å². The first-order valence-electron chi connectivity index (χ1n) is 8.48. The summed E-state index contributed by atoms with van der Waals surface area (Å²) >= 11 is 12.9. The van der Waals surface area contributed by atoms with E-state index >= 15 is 0 Å². The summed E-state index contributed by atoms with van der Waals surface area (Å²) in [6.07, 6.45) is 1.60. The van der Waals surface area contributed by atoms with E-state index in [1.807, 2.05) is 6.07 Å². The fraction of sp³-hybridized carbons (Fsp3) is 0.0476. The number of fused-ring (bicyclic) bond motifs is 3. The molecule has 0 aliphatic rings. The Labute approximate surface area is 195 Å². The average Bonchev–Trinajstić information content (AvgIpc) is 2.71. The molecule has 2 heterocycles. The van der Waals surface area contributed by atoms with E-state index in [9.17, 15) is 9.59 Å². The van der Waals surface area contributed by atoms with Gasteiger partial charge in [-0.2, -0.15) is 0 Å². The monoisotopic (exact) mass is 621 g/mol. The Morgan fingerprint density at radius 2 is 1.70 bits per heavy atom. The van der Waals surface area contributed by atoms with Crippen LogP contribution in [0, 0.1) is 0 Å². The third kappa shape index (κ3) is 4.17. The number of rotatable bonds is 3. The van der Waals surface area contributed by atoms with Gasteiger partial charge < -0.3 is 9.47 Å². The number of benzene rings is 2. The normalized spacial score (nSPS) is 10.5. The van der Waals surface area contributed by atoms with Gasteiger partial charge in [0.15, 0.2) is 0 Å². The summed E-state index contributed by atoms with van der Waals surface area (Å²) in [5.41, 5.74) is 1.14. The van der Waals surface area contributed by atoms with E-state index in [-0.39, 0.29) is 37.7 Å². The molecule has 0 spiro atoms. The molecule has 0 bridgehead atoms. The van der Waals surface area contributed by atoms with Gasteiger partial charge in [-0.15, -0.1) is 0 Å². The predicted octanol–water partition coefficient (Wildman–Crippen LogP) is 5.23. The van der Waals surface area contributed by atoms with Gasteiger partial charge in [-0.05, 0) is 24.3 Å².